The van der Waals surface area contributed by atoms with Gasteiger partial charge in [-0.1, -0.05) is 50.8 Å². The summed E-state index contributed by atoms with van der Waals surface area (Å²) in [6.45, 7) is 17.3. The number of benzene rings is 2. The first kappa shape index (κ1) is 35.1. The number of rotatable bonds is 10. The molecular weight excluding hydrogens is 569 g/mol. The Morgan fingerprint density at radius 1 is 1.11 bits per heavy atom. The molecule has 10 nitrogen and oxygen atoms in total. The summed E-state index contributed by atoms with van der Waals surface area (Å²) >= 11 is 0. The lowest BCUT2D eigenvalue weighted by atomic mass is 9.98. The third-order valence-corrected chi connectivity index (χ3v) is 7.52. The van der Waals surface area contributed by atoms with Crippen LogP contribution in [0.3, 0.4) is 0 Å². The Kier molecular flexibility index (Phi) is 10.6. The van der Waals surface area contributed by atoms with Gasteiger partial charge in [0.25, 0.3) is 11.8 Å². The minimum atomic E-state index is -2.94. The second kappa shape index (κ2) is 13.3. The normalized spacial score (nSPS) is 19.7. The summed E-state index contributed by atoms with van der Waals surface area (Å²) in [6.07, 6.45) is -0.162. The fourth-order valence-corrected chi connectivity index (χ4v) is 6.25. The fourth-order valence-electron chi connectivity index (χ4n) is 6.25. The van der Waals surface area contributed by atoms with E-state index >= 15 is 4.39 Å². The SMILES string of the molecule is C=C1c2cccc(OCc3cccc(CN4CC(C)(C)OC(C)(C)C4)c3F)c2C(O)(O)N1C(O)(CCC=O)C(=O)NC.CC. The van der Waals surface area contributed by atoms with Gasteiger partial charge in [0.05, 0.1) is 16.8 Å². The summed E-state index contributed by atoms with van der Waals surface area (Å²) in [6, 6.07) is 9.64. The molecule has 0 bridgehead atoms. The summed E-state index contributed by atoms with van der Waals surface area (Å²) in [4.78, 5) is 26.6. The molecule has 4 N–H and O–H groups in total. The van der Waals surface area contributed by atoms with Crippen LogP contribution in [0.5, 0.6) is 5.75 Å². The molecule has 1 fully saturated rings. The lowest BCUT2D eigenvalue weighted by Gasteiger charge is -2.47. The topological polar surface area (TPSA) is 132 Å². The molecule has 2 aromatic rings. The molecule has 0 radical (unpaired) electrons. The van der Waals surface area contributed by atoms with Crippen LogP contribution in [-0.4, -0.2) is 74.4 Å². The smallest absolute Gasteiger partial charge is 0.282 e. The number of carbonyl (C=O) groups is 2. The Morgan fingerprint density at radius 3 is 2.30 bits per heavy atom. The molecule has 4 rings (SSSR count). The maximum atomic E-state index is 15.7. The maximum absolute atomic E-state index is 15.7. The zero-order valence-electron chi connectivity index (χ0n) is 26.7. The quantitative estimate of drug-likeness (QED) is 0.234. The van der Waals surface area contributed by atoms with E-state index in [0.717, 1.165) is 0 Å². The molecule has 0 saturated carbocycles. The van der Waals surface area contributed by atoms with E-state index in [1.54, 1.807) is 24.3 Å². The minimum Gasteiger partial charge on any atom is -0.488 e. The molecule has 0 spiro atoms. The van der Waals surface area contributed by atoms with E-state index in [1.165, 1.54) is 19.2 Å². The second-order valence-corrected chi connectivity index (χ2v) is 12.1. The Morgan fingerprint density at radius 2 is 1.70 bits per heavy atom. The van der Waals surface area contributed by atoms with Gasteiger partial charge in [0, 0.05) is 61.9 Å². The van der Waals surface area contributed by atoms with Crippen molar-refractivity contribution in [3.63, 3.8) is 0 Å². The number of fused-ring (bicyclic) bond motifs is 1. The van der Waals surface area contributed by atoms with E-state index in [1.807, 2.05) is 41.5 Å². The van der Waals surface area contributed by atoms with Gasteiger partial charge in [-0.15, -0.1) is 0 Å². The average molecular weight is 616 g/mol. The van der Waals surface area contributed by atoms with Crippen molar-refractivity contribution in [2.24, 2.45) is 0 Å². The van der Waals surface area contributed by atoms with E-state index in [4.69, 9.17) is 9.47 Å². The van der Waals surface area contributed by atoms with Crippen molar-refractivity contribution in [1.82, 2.24) is 15.1 Å². The van der Waals surface area contributed by atoms with E-state index in [2.05, 4.69) is 16.8 Å². The van der Waals surface area contributed by atoms with E-state index in [-0.39, 0.29) is 52.4 Å². The molecule has 2 aliphatic heterocycles. The van der Waals surface area contributed by atoms with Gasteiger partial charge >= 0.3 is 0 Å². The number of ether oxygens (including phenoxy) is 2. The summed E-state index contributed by atoms with van der Waals surface area (Å²) in [7, 11) is 1.27. The number of hydrogen-bond donors (Lipinski definition) is 4. The van der Waals surface area contributed by atoms with Crippen LogP contribution in [0.1, 0.15) is 76.6 Å². The summed E-state index contributed by atoms with van der Waals surface area (Å²) < 4.78 is 27.8. The molecule has 1 saturated heterocycles. The zero-order valence-corrected chi connectivity index (χ0v) is 26.7. The Bertz CT molecular complexity index is 1360. The molecule has 0 aromatic heterocycles. The monoisotopic (exact) mass is 615 g/mol. The van der Waals surface area contributed by atoms with Crippen molar-refractivity contribution in [3.8, 4) is 5.75 Å². The second-order valence-electron chi connectivity index (χ2n) is 12.1. The van der Waals surface area contributed by atoms with Crippen molar-refractivity contribution >= 4 is 17.9 Å². The van der Waals surface area contributed by atoms with E-state index in [9.17, 15) is 24.9 Å². The number of hydrogen-bond acceptors (Lipinski definition) is 9. The highest BCUT2D eigenvalue weighted by Gasteiger charge is 2.58. The molecule has 1 atom stereocenters. The van der Waals surface area contributed by atoms with Crippen molar-refractivity contribution in [2.45, 2.75) is 90.4 Å². The van der Waals surface area contributed by atoms with Crippen LogP contribution in [0.2, 0.25) is 0 Å². The molecule has 2 heterocycles. The lowest BCUT2D eigenvalue weighted by molar-refractivity contribution is -0.301. The average Bonchev–Trinajstić information content (AvgIpc) is 3.16. The molecule has 242 valence electrons. The number of halogens is 1. The maximum Gasteiger partial charge on any atom is 0.282 e. The van der Waals surface area contributed by atoms with Gasteiger partial charge < -0.3 is 34.9 Å². The predicted molar refractivity (Wildman–Crippen MR) is 164 cm³/mol. The van der Waals surface area contributed by atoms with Crippen LogP contribution in [0.4, 0.5) is 4.39 Å². The third kappa shape index (κ3) is 6.97. The molecule has 0 aliphatic carbocycles. The predicted octanol–water partition coefficient (Wildman–Crippen LogP) is 3.62. The van der Waals surface area contributed by atoms with Crippen LogP contribution < -0.4 is 10.1 Å². The highest BCUT2D eigenvalue weighted by molar-refractivity contribution is 5.88. The number of nitrogens with zero attached hydrogens (tertiary/aromatic N) is 2. The lowest BCUT2D eigenvalue weighted by Crippen LogP contribution is -2.62. The van der Waals surface area contributed by atoms with Crippen molar-refractivity contribution in [1.29, 1.82) is 0 Å². The first-order chi connectivity index (χ1) is 20.6. The van der Waals surface area contributed by atoms with Gasteiger partial charge in [-0.3, -0.25) is 14.6 Å². The van der Waals surface area contributed by atoms with Gasteiger partial charge in [-0.25, -0.2) is 4.39 Å². The standard InChI is InChI=1S/C31H40FN3O7.C2H6/c1-20-23-12-8-13-24(25(23)31(39,40)35(20)30(38,14-9-15-36)27(37)33-6)41-17-22-11-7-10-21(26(22)32)16-34-18-28(2,3)42-29(4,5)19-34;1-2/h7-8,10-13,15,38-40H,1,9,14,16-19H2,2-6H3,(H,33,37);1-2H3. The molecule has 2 aromatic carbocycles. The van der Waals surface area contributed by atoms with E-state index < -0.39 is 29.8 Å². The molecular formula is C33H46FN3O7. The number of aldehydes is 1. The number of aliphatic hydroxyl groups is 3. The van der Waals surface area contributed by atoms with Crippen molar-refractivity contribution in [2.75, 3.05) is 20.1 Å². The summed E-state index contributed by atoms with van der Waals surface area (Å²) in [5.74, 6) is -4.33. The highest BCUT2D eigenvalue weighted by atomic mass is 19.1. The van der Waals surface area contributed by atoms with Crippen LogP contribution in [-0.2, 0) is 33.4 Å². The molecule has 1 amide bonds. The molecule has 44 heavy (non-hydrogen) atoms. The highest BCUT2D eigenvalue weighted by Crippen LogP contribution is 2.50. The largest absolute Gasteiger partial charge is 0.488 e. The third-order valence-electron chi connectivity index (χ3n) is 7.52. The summed E-state index contributed by atoms with van der Waals surface area (Å²) in [5.41, 5.74) is -2.56. The van der Waals surface area contributed by atoms with Crippen LogP contribution in [0.15, 0.2) is 43.0 Å². The van der Waals surface area contributed by atoms with Crippen LogP contribution >= 0.6 is 0 Å². The Balaban J connectivity index is 0.00000259. The Labute approximate surface area is 259 Å². The van der Waals surface area contributed by atoms with Crippen molar-refractivity contribution < 1.29 is 38.8 Å². The van der Waals surface area contributed by atoms with Gasteiger partial charge in [-0.2, -0.15) is 0 Å². The van der Waals surface area contributed by atoms with Gasteiger partial charge in [0.15, 0.2) is 0 Å². The number of morpholine rings is 1. The van der Waals surface area contributed by atoms with Gasteiger partial charge in [-0.05, 0) is 33.8 Å². The van der Waals surface area contributed by atoms with Gasteiger partial charge in [0.2, 0.25) is 5.72 Å². The molecule has 11 heteroatoms. The first-order valence-corrected chi connectivity index (χ1v) is 14.8. The molecule has 2 aliphatic rings. The fraction of sp³-hybridized carbons (Fsp3) is 0.515. The van der Waals surface area contributed by atoms with Crippen LogP contribution in [0, 0.1) is 5.82 Å². The number of nitrogens with one attached hydrogen (secondary N) is 1. The first-order valence-electron chi connectivity index (χ1n) is 14.8. The van der Waals surface area contributed by atoms with Crippen LogP contribution in [0.25, 0.3) is 5.70 Å². The number of amides is 1. The van der Waals surface area contributed by atoms with Crippen molar-refractivity contribution in [3.05, 3.63) is 71.0 Å². The zero-order chi connectivity index (χ0) is 33.1. The molecule has 1 unspecified atom stereocenters. The van der Waals surface area contributed by atoms with E-state index in [0.29, 0.717) is 36.4 Å². The summed E-state index contributed by atoms with van der Waals surface area (Å²) in [5, 5.41) is 36.3. The minimum absolute atomic E-state index is 0.00252. The Hall–Kier alpha value is -3.35. The van der Waals surface area contributed by atoms with Gasteiger partial charge in [0.1, 0.15) is 24.5 Å². The number of carbonyl (C=O) groups excluding carboxylic acids is 2. The number of likely N-dealkylation sites (N-methyl/N-ethyl adjacent to an activating group) is 1.